The minimum absolute atomic E-state index is 0.0437. The molecule has 0 saturated carbocycles. The van der Waals surface area contributed by atoms with Crippen LogP contribution in [0.3, 0.4) is 0 Å². The van der Waals surface area contributed by atoms with Crippen molar-refractivity contribution in [3.05, 3.63) is 101 Å². The molecule has 1 N–H and O–H groups in total. The van der Waals surface area contributed by atoms with Gasteiger partial charge >= 0.3 is 0 Å². The Morgan fingerprint density at radius 2 is 1.71 bits per heavy atom. The van der Waals surface area contributed by atoms with E-state index in [1.807, 2.05) is 48.5 Å². The number of carbonyl (C=O) groups is 2. The van der Waals surface area contributed by atoms with Gasteiger partial charge < -0.3 is 14.7 Å². The molecule has 0 aliphatic carbocycles. The summed E-state index contributed by atoms with van der Waals surface area (Å²) in [5.41, 5.74) is 3.17. The summed E-state index contributed by atoms with van der Waals surface area (Å²) in [5, 5.41) is 11.1. The number of aliphatic hydroxyl groups is 1. The molecule has 174 valence electrons. The lowest BCUT2D eigenvalue weighted by Crippen LogP contribution is -2.29. The van der Waals surface area contributed by atoms with E-state index in [-0.39, 0.29) is 23.3 Å². The molecule has 2 aromatic carbocycles. The first-order valence-corrected chi connectivity index (χ1v) is 11.1. The molecule has 3 aromatic rings. The maximum Gasteiger partial charge on any atom is 0.295 e. The smallest absolute Gasteiger partial charge is 0.295 e. The summed E-state index contributed by atoms with van der Waals surface area (Å²) < 4.78 is 5.32. The summed E-state index contributed by atoms with van der Waals surface area (Å²) in [5.74, 6) is -0.902. The van der Waals surface area contributed by atoms with Gasteiger partial charge in [0.05, 0.1) is 18.7 Å². The number of pyridine rings is 1. The van der Waals surface area contributed by atoms with E-state index in [4.69, 9.17) is 4.74 Å². The van der Waals surface area contributed by atoms with Gasteiger partial charge in [0.25, 0.3) is 11.7 Å². The number of carbonyl (C=O) groups excluding carboxylic acids is 2. The number of likely N-dealkylation sites (tertiary alicyclic amines) is 1. The predicted molar refractivity (Wildman–Crippen MR) is 130 cm³/mol. The van der Waals surface area contributed by atoms with E-state index >= 15 is 0 Å². The molecule has 1 aliphatic rings. The second-order valence-electron chi connectivity index (χ2n) is 9.39. The third-order valence-electron chi connectivity index (χ3n) is 6.07. The molecular formula is C28H28N2O4. The fourth-order valence-corrected chi connectivity index (χ4v) is 4.19. The molecule has 1 amide bonds. The zero-order valence-corrected chi connectivity index (χ0v) is 19.8. The van der Waals surface area contributed by atoms with Crippen LogP contribution in [0.15, 0.2) is 78.6 Å². The van der Waals surface area contributed by atoms with Crippen molar-refractivity contribution in [3.8, 4) is 5.75 Å². The highest BCUT2D eigenvalue weighted by Gasteiger charge is 2.46. The van der Waals surface area contributed by atoms with Gasteiger partial charge in [0, 0.05) is 24.5 Å². The van der Waals surface area contributed by atoms with Crippen molar-refractivity contribution in [3.63, 3.8) is 0 Å². The Kier molecular flexibility index (Phi) is 6.24. The van der Waals surface area contributed by atoms with Crippen molar-refractivity contribution in [1.82, 2.24) is 9.88 Å². The highest BCUT2D eigenvalue weighted by Crippen LogP contribution is 2.41. The first-order valence-electron chi connectivity index (χ1n) is 11.1. The van der Waals surface area contributed by atoms with Crippen LogP contribution < -0.4 is 4.74 Å². The van der Waals surface area contributed by atoms with Crippen LogP contribution in [0.1, 0.15) is 49.1 Å². The largest absolute Gasteiger partial charge is 0.507 e. The maximum absolute atomic E-state index is 13.2. The topological polar surface area (TPSA) is 79.7 Å². The molecule has 34 heavy (non-hydrogen) atoms. The van der Waals surface area contributed by atoms with E-state index in [0.29, 0.717) is 11.3 Å². The molecular weight excluding hydrogens is 428 g/mol. The van der Waals surface area contributed by atoms with E-state index in [0.717, 1.165) is 16.7 Å². The van der Waals surface area contributed by atoms with Crippen molar-refractivity contribution in [2.24, 2.45) is 0 Å². The third kappa shape index (κ3) is 4.44. The maximum atomic E-state index is 13.2. The standard InChI is InChI=1S/C28H28N2O4/c1-28(2,3)21-10-8-19(9-11-21)24-23(25(31)20-12-14-29-15-13-20)26(32)27(33)30(24)17-18-6-5-7-22(16-18)34-4/h5-16,24,31H,17H2,1-4H3/b25-23-. The van der Waals surface area contributed by atoms with Gasteiger partial charge in [0.1, 0.15) is 11.5 Å². The molecule has 1 unspecified atom stereocenters. The number of aromatic nitrogens is 1. The Balaban J connectivity index is 1.84. The Bertz CT molecular complexity index is 1240. The molecule has 1 aliphatic heterocycles. The first-order chi connectivity index (χ1) is 16.2. The Morgan fingerprint density at radius 3 is 2.32 bits per heavy atom. The summed E-state index contributed by atoms with van der Waals surface area (Å²) in [6.45, 7) is 6.57. The first kappa shape index (κ1) is 23.2. The van der Waals surface area contributed by atoms with Crippen molar-refractivity contribution in [1.29, 1.82) is 0 Å². The Hall–Kier alpha value is -3.93. The third-order valence-corrected chi connectivity index (χ3v) is 6.07. The minimum Gasteiger partial charge on any atom is -0.507 e. The number of hydrogen-bond acceptors (Lipinski definition) is 5. The molecule has 6 nitrogen and oxygen atoms in total. The van der Waals surface area contributed by atoms with Crippen LogP contribution in [0.25, 0.3) is 5.76 Å². The molecule has 1 saturated heterocycles. The molecule has 0 bridgehead atoms. The summed E-state index contributed by atoms with van der Waals surface area (Å²) in [6, 6.07) is 17.7. The monoisotopic (exact) mass is 456 g/mol. The van der Waals surface area contributed by atoms with Crippen LogP contribution >= 0.6 is 0 Å². The quantitative estimate of drug-likeness (QED) is 0.332. The lowest BCUT2D eigenvalue weighted by Gasteiger charge is -2.26. The Labute approximate surface area is 199 Å². The lowest BCUT2D eigenvalue weighted by molar-refractivity contribution is -0.140. The van der Waals surface area contributed by atoms with Gasteiger partial charge in [0.2, 0.25) is 0 Å². The fraction of sp³-hybridized carbons (Fsp3) is 0.250. The van der Waals surface area contributed by atoms with E-state index in [2.05, 4.69) is 25.8 Å². The number of ether oxygens (including phenoxy) is 1. The molecule has 1 aromatic heterocycles. The van der Waals surface area contributed by atoms with E-state index < -0.39 is 17.7 Å². The van der Waals surface area contributed by atoms with Crippen molar-refractivity contribution in [2.45, 2.75) is 38.8 Å². The summed E-state index contributed by atoms with van der Waals surface area (Å²) in [7, 11) is 1.58. The second-order valence-corrected chi connectivity index (χ2v) is 9.39. The second kappa shape index (κ2) is 9.14. The zero-order valence-electron chi connectivity index (χ0n) is 19.8. The Morgan fingerprint density at radius 1 is 1.03 bits per heavy atom. The number of methoxy groups -OCH3 is 1. The SMILES string of the molecule is COc1cccc(CN2C(=O)C(=O)/C(=C(\O)c3ccncc3)C2c2ccc(C(C)(C)C)cc2)c1. The highest BCUT2D eigenvalue weighted by atomic mass is 16.5. The van der Waals surface area contributed by atoms with Gasteiger partial charge in [0.15, 0.2) is 0 Å². The summed E-state index contributed by atoms with van der Waals surface area (Å²) in [4.78, 5) is 31.9. The number of benzene rings is 2. The normalized spacial score (nSPS) is 17.8. The summed E-state index contributed by atoms with van der Waals surface area (Å²) in [6.07, 6.45) is 3.07. The molecule has 0 radical (unpaired) electrons. The van der Waals surface area contributed by atoms with Gasteiger partial charge in [-0.25, -0.2) is 0 Å². The van der Waals surface area contributed by atoms with Crippen molar-refractivity contribution < 1.29 is 19.4 Å². The average Bonchev–Trinajstić information content (AvgIpc) is 3.08. The number of Topliss-reactive ketones (excluding diaryl/α,β-unsaturated/α-hetero) is 1. The fourth-order valence-electron chi connectivity index (χ4n) is 4.19. The minimum atomic E-state index is -0.728. The predicted octanol–water partition coefficient (Wildman–Crippen LogP) is 5.01. The van der Waals surface area contributed by atoms with Crippen molar-refractivity contribution in [2.75, 3.05) is 7.11 Å². The molecule has 2 heterocycles. The number of amides is 1. The lowest BCUT2D eigenvalue weighted by atomic mass is 9.85. The van der Waals surface area contributed by atoms with E-state index in [1.165, 1.54) is 17.3 Å². The average molecular weight is 457 g/mol. The van der Waals surface area contributed by atoms with Gasteiger partial charge in [-0.2, -0.15) is 0 Å². The van der Waals surface area contributed by atoms with Crippen LogP contribution in [0.2, 0.25) is 0 Å². The highest BCUT2D eigenvalue weighted by molar-refractivity contribution is 6.46. The molecule has 1 atom stereocenters. The van der Waals surface area contributed by atoms with Crippen LogP contribution in [0.5, 0.6) is 5.75 Å². The number of ketones is 1. The zero-order chi connectivity index (χ0) is 24.5. The number of rotatable bonds is 5. The molecule has 1 fully saturated rings. The van der Waals surface area contributed by atoms with Crippen LogP contribution in [0.4, 0.5) is 0 Å². The number of aliphatic hydroxyl groups excluding tert-OH is 1. The summed E-state index contributed by atoms with van der Waals surface area (Å²) >= 11 is 0. The van der Waals surface area contributed by atoms with Crippen molar-refractivity contribution >= 4 is 17.4 Å². The van der Waals surface area contributed by atoms with Gasteiger partial charge in [-0.3, -0.25) is 14.6 Å². The van der Waals surface area contributed by atoms with E-state index in [1.54, 1.807) is 19.2 Å². The van der Waals surface area contributed by atoms with Crippen LogP contribution in [0, 0.1) is 0 Å². The number of hydrogen-bond donors (Lipinski definition) is 1. The number of nitrogens with zero attached hydrogens (tertiary/aromatic N) is 2. The van der Waals surface area contributed by atoms with Crippen LogP contribution in [-0.2, 0) is 21.5 Å². The van der Waals surface area contributed by atoms with Gasteiger partial charge in [-0.15, -0.1) is 0 Å². The molecule has 0 spiro atoms. The molecule has 6 heteroatoms. The van der Waals surface area contributed by atoms with Gasteiger partial charge in [-0.1, -0.05) is 57.2 Å². The van der Waals surface area contributed by atoms with E-state index in [9.17, 15) is 14.7 Å². The van der Waals surface area contributed by atoms with Crippen LogP contribution in [-0.4, -0.2) is 33.8 Å². The van der Waals surface area contributed by atoms with Gasteiger partial charge in [-0.05, 0) is 46.4 Å². The molecule has 4 rings (SSSR count).